The van der Waals surface area contributed by atoms with E-state index in [0.717, 1.165) is 5.56 Å². The molecule has 0 bridgehead atoms. The van der Waals surface area contributed by atoms with Crippen molar-refractivity contribution < 1.29 is 9.18 Å². The van der Waals surface area contributed by atoms with Gasteiger partial charge >= 0.3 is 0 Å². The van der Waals surface area contributed by atoms with Gasteiger partial charge in [-0.25, -0.2) is 4.39 Å². The molecular formula is C14H12FNO. The van der Waals surface area contributed by atoms with Gasteiger partial charge in [0.15, 0.2) is 5.78 Å². The second-order valence-electron chi connectivity index (χ2n) is 3.89. The van der Waals surface area contributed by atoms with Gasteiger partial charge in [-0.3, -0.25) is 9.78 Å². The van der Waals surface area contributed by atoms with Gasteiger partial charge in [0.2, 0.25) is 0 Å². The fourth-order valence-electron chi connectivity index (χ4n) is 1.65. The van der Waals surface area contributed by atoms with E-state index in [9.17, 15) is 9.18 Å². The molecule has 17 heavy (non-hydrogen) atoms. The first-order valence-corrected chi connectivity index (χ1v) is 5.35. The van der Waals surface area contributed by atoms with E-state index in [4.69, 9.17) is 0 Å². The van der Waals surface area contributed by atoms with E-state index in [-0.39, 0.29) is 11.6 Å². The number of ketones is 1. The fourth-order valence-corrected chi connectivity index (χ4v) is 1.65. The summed E-state index contributed by atoms with van der Waals surface area (Å²) in [4.78, 5) is 15.1. The van der Waals surface area contributed by atoms with Crippen LogP contribution in [0.4, 0.5) is 4.39 Å². The Balaban J connectivity index is 2.32. The number of pyridine rings is 1. The van der Waals surface area contributed by atoms with Crippen LogP contribution in [0.3, 0.4) is 0 Å². The van der Waals surface area contributed by atoms with Crippen LogP contribution in [0.2, 0.25) is 0 Å². The van der Waals surface area contributed by atoms with Crippen molar-refractivity contribution in [2.45, 2.75) is 13.3 Å². The lowest BCUT2D eigenvalue weighted by atomic mass is 10.0. The largest absolute Gasteiger partial charge is 0.295 e. The average Bonchev–Trinajstić information content (AvgIpc) is 2.33. The number of rotatable bonds is 3. The first kappa shape index (κ1) is 11.5. The number of hydrogen-bond donors (Lipinski definition) is 0. The summed E-state index contributed by atoms with van der Waals surface area (Å²) in [6, 6.07) is 8.12. The molecule has 0 aliphatic rings. The fraction of sp³-hybridized carbons (Fsp3) is 0.143. The van der Waals surface area contributed by atoms with Gasteiger partial charge in [-0.1, -0.05) is 0 Å². The van der Waals surface area contributed by atoms with Crippen molar-refractivity contribution in [3.8, 4) is 0 Å². The normalized spacial score (nSPS) is 10.2. The highest BCUT2D eigenvalue weighted by Gasteiger charge is 2.07. The second kappa shape index (κ2) is 4.87. The molecule has 0 aliphatic carbocycles. The third kappa shape index (κ3) is 2.75. The summed E-state index contributed by atoms with van der Waals surface area (Å²) in [5, 5.41) is 0. The Labute approximate surface area is 99.1 Å². The van der Waals surface area contributed by atoms with Crippen LogP contribution in [0.1, 0.15) is 28.4 Å². The maximum atomic E-state index is 13.6. The topological polar surface area (TPSA) is 30.0 Å². The SMILES string of the molecule is CC(=O)c1ccc(F)c(Cc2ccncc2)c1. The Morgan fingerprint density at radius 3 is 2.59 bits per heavy atom. The lowest BCUT2D eigenvalue weighted by Crippen LogP contribution is -1.98. The molecule has 0 spiro atoms. The molecule has 0 N–H and O–H groups in total. The molecule has 1 aromatic carbocycles. The lowest BCUT2D eigenvalue weighted by Gasteiger charge is -2.05. The highest BCUT2D eigenvalue weighted by molar-refractivity contribution is 5.94. The molecule has 0 aliphatic heterocycles. The van der Waals surface area contributed by atoms with Gasteiger partial charge in [-0.05, 0) is 48.4 Å². The predicted octanol–water partition coefficient (Wildman–Crippen LogP) is 3.01. The van der Waals surface area contributed by atoms with Crippen LogP contribution in [0.5, 0.6) is 0 Å². The molecule has 0 atom stereocenters. The molecule has 1 heterocycles. The van der Waals surface area contributed by atoms with E-state index in [1.54, 1.807) is 18.5 Å². The average molecular weight is 229 g/mol. The number of carbonyl (C=O) groups excluding carboxylic acids is 1. The Morgan fingerprint density at radius 2 is 1.94 bits per heavy atom. The van der Waals surface area contributed by atoms with Crippen molar-refractivity contribution in [3.05, 3.63) is 65.2 Å². The number of Topliss-reactive ketones (excluding diaryl/α,β-unsaturated/α-hetero) is 1. The standard InChI is InChI=1S/C14H12FNO/c1-10(17)12-2-3-14(15)13(9-12)8-11-4-6-16-7-5-11/h2-7,9H,8H2,1H3. The minimum absolute atomic E-state index is 0.0546. The summed E-state index contributed by atoms with van der Waals surface area (Å²) in [7, 11) is 0. The quantitative estimate of drug-likeness (QED) is 0.757. The zero-order chi connectivity index (χ0) is 12.3. The van der Waals surface area contributed by atoms with Gasteiger partial charge in [-0.15, -0.1) is 0 Å². The van der Waals surface area contributed by atoms with Crippen LogP contribution in [0.25, 0.3) is 0 Å². The highest BCUT2D eigenvalue weighted by atomic mass is 19.1. The van der Waals surface area contributed by atoms with Crippen molar-refractivity contribution in [3.63, 3.8) is 0 Å². The third-order valence-corrected chi connectivity index (χ3v) is 2.60. The third-order valence-electron chi connectivity index (χ3n) is 2.60. The Morgan fingerprint density at radius 1 is 1.24 bits per heavy atom. The van der Waals surface area contributed by atoms with Crippen molar-refractivity contribution in [2.75, 3.05) is 0 Å². The Kier molecular flexibility index (Phi) is 3.28. The predicted molar refractivity (Wildman–Crippen MR) is 63.4 cm³/mol. The molecule has 2 aromatic rings. The first-order chi connectivity index (χ1) is 8.16. The van der Waals surface area contributed by atoms with Crippen LogP contribution in [-0.2, 0) is 6.42 Å². The smallest absolute Gasteiger partial charge is 0.159 e. The molecule has 0 radical (unpaired) electrons. The Hall–Kier alpha value is -2.03. The molecule has 0 unspecified atom stereocenters. The number of hydrogen-bond acceptors (Lipinski definition) is 2. The van der Waals surface area contributed by atoms with Crippen LogP contribution in [-0.4, -0.2) is 10.8 Å². The first-order valence-electron chi connectivity index (χ1n) is 5.35. The van der Waals surface area contributed by atoms with E-state index < -0.39 is 0 Å². The van der Waals surface area contributed by atoms with E-state index in [2.05, 4.69) is 4.98 Å². The van der Waals surface area contributed by atoms with Gasteiger partial charge in [-0.2, -0.15) is 0 Å². The molecule has 3 heteroatoms. The molecule has 86 valence electrons. The molecule has 1 aromatic heterocycles. The molecule has 0 saturated carbocycles. The molecule has 2 nitrogen and oxygen atoms in total. The molecule has 0 fully saturated rings. The highest BCUT2D eigenvalue weighted by Crippen LogP contribution is 2.15. The zero-order valence-corrected chi connectivity index (χ0v) is 9.48. The van der Waals surface area contributed by atoms with Gasteiger partial charge < -0.3 is 0 Å². The Bertz CT molecular complexity index is 537. The number of halogens is 1. The van der Waals surface area contributed by atoms with Crippen LogP contribution >= 0.6 is 0 Å². The van der Waals surface area contributed by atoms with E-state index in [1.807, 2.05) is 12.1 Å². The van der Waals surface area contributed by atoms with Gasteiger partial charge in [0.05, 0.1) is 0 Å². The molecule has 2 rings (SSSR count). The summed E-state index contributed by atoms with van der Waals surface area (Å²) in [6.07, 6.45) is 3.81. The van der Waals surface area contributed by atoms with E-state index in [1.165, 1.54) is 19.1 Å². The molecular weight excluding hydrogens is 217 g/mol. The van der Waals surface area contributed by atoms with Crippen molar-refractivity contribution in [1.29, 1.82) is 0 Å². The maximum absolute atomic E-state index is 13.6. The molecule has 0 saturated heterocycles. The van der Waals surface area contributed by atoms with Gasteiger partial charge in [0, 0.05) is 24.4 Å². The van der Waals surface area contributed by atoms with Crippen LogP contribution in [0, 0.1) is 5.82 Å². The lowest BCUT2D eigenvalue weighted by molar-refractivity contribution is 0.101. The monoisotopic (exact) mass is 229 g/mol. The van der Waals surface area contributed by atoms with Gasteiger partial charge in [0.1, 0.15) is 5.82 Å². The van der Waals surface area contributed by atoms with Gasteiger partial charge in [0.25, 0.3) is 0 Å². The van der Waals surface area contributed by atoms with E-state index >= 15 is 0 Å². The summed E-state index contributed by atoms with van der Waals surface area (Å²) in [6.45, 7) is 1.48. The van der Waals surface area contributed by atoms with Crippen LogP contribution in [0.15, 0.2) is 42.7 Å². The zero-order valence-electron chi connectivity index (χ0n) is 9.48. The van der Waals surface area contributed by atoms with Crippen LogP contribution < -0.4 is 0 Å². The summed E-state index contributed by atoms with van der Waals surface area (Å²) in [5.74, 6) is -0.340. The summed E-state index contributed by atoms with van der Waals surface area (Å²) >= 11 is 0. The molecule has 0 amide bonds. The number of nitrogens with zero attached hydrogens (tertiary/aromatic N) is 1. The number of aromatic nitrogens is 1. The minimum Gasteiger partial charge on any atom is -0.295 e. The maximum Gasteiger partial charge on any atom is 0.159 e. The number of benzene rings is 1. The van der Waals surface area contributed by atoms with Crippen molar-refractivity contribution >= 4 is 5.78 Å². The second-order valence-corrected chi connectivity index (χ2v) is 3.89. The summed E-state index contributed by atoms with van der Waals surface area (Å²) in [5.41, 5.74) is 2.04. The number of carbonyl (C=O) groups is 1. The van der Waals surface area contributed by atoms with E-state index in [0.29, 0.717) is 17.5 Å². The minimum atomic E-state index is -0.285. The summed E-state index contributed by atoms with van der Waals surface area (Å²) < 4.78 is 13.6. The van der Waals surface area contributed by atoms with Crippen molar-refractivity contribution in [2.24, 2.45) is 0 Å². The van der Waals surface area contributed by atoms with Crippen molar-refractivity contribution in [1.82, 2.24) is 4.98 Å².